The summed E-state index contributed by atoms with van der Waals surface area (Å²) in [5.74, 6) is 1.38. The molecule has 0 saturated heterocycles. The van der Waals surface area contributed by atoms with Gasteiger partial charge in [0, 0.05) is 78.0 Å². The molecule has 0 radical (unpaired) electrons. The van der Waals surface area contributed by atoms with Crippen molar-refractivity contribution < 1.29 is 28.5 Å². The van der Waals surface area contributed by atoms with Crippen LogP contribution in [0.3, 0.4) is 0 Å². The molecule has 0 spiro atoms. The Morgan fingerprint density at radius 3 is 1.80 bits per heavy atom. The van der Waals surface area contributed by atoms with Crippen LogP contribution in [0, 0.1) is 25.7 Å². The Balaban J connectivity index is 0.00000471. The minimum atomic E-state index is 0. The molecule has 0 bridgehead atoms. The van der Waals surface area contributed by atoms with Crippen molar-refractivity contribution in [2.45, 2.75) is 6.92 Å². The van der Waals surface area contributed by atoms with E-state index in [9.17, 15) is 1.37 Å². The van der Waals surface area contributed by atoms with Gasteiger partial charge in [-0.15, -0.1) is 48.1 Å². The summed E-state index contributed by atoms with van der Waals surface area (Å²) >= 11 is 0. The summed E-state index contributed by atoms with van der Waals surface area (Å²) in [4.78, 5) is 9.22. The van der Waals surface area contributed by atoms with Crippen molar-refractivity contribution in [2.24, 2.45) is 0 Å². The van der Waals surface area contributed by atoms with E-state index in [1.54, 1.807) is 0 Å². The topological polar surface area (TPSA) is 33.5 Å². The zero-order valence-electron chi connectivity index (χ0n) is 35.0. The summed E-state index contributed by atoms with van der Waals surface area (Å²) in [7, 11) is 0. The first kappa shape index (κ1) is 35.7. The Labute approximate surface area is 372 Å². The van der Waals surface area contributed by atoms with E-state index in [0.717, 1.165) is 66.9 Å². The predicted molar refractivity (Wildman–Crippen MR) is 245 cm³/mol. The molecule has 11 rings (SSSR count). The summed E-state index contributed by atoms with van der Waals surface area (Å²) in [5, 5.41) is 1.94. The van der Waals surface area contributed by atoms with Gasteiger partial charge in [0.25, 0.3) is 0 Å². The monoisotopic (exact) mass is 966 g/mol. The minimum Gasteiger partial charge on any atom is -0.509 e. The summed E-state index contributed by atoms with van der Waals surface area (Å²) in [6.07, 6.45) is 0.114. The van der Waals surface area contributed by atoms with Gasteiger partial charge >= 0.3 is 0 Å². The predicted octanol–water partition coefficient (Wildman–Crippen LogP) is 14.3. The molecule has 5 nitrogen and oxygen atoms in total. The Kier molecular flexibility index (Phi) is 9.43. The maximum absolute atomic E-state index is 9.35. The molecule has 0 amide bonds. The van der Waals surface area contributed by atoms with Crippen LogP contribution >= 0.6 is 0 Å². The molecule has 0 N–H and O–H groups in total. The van der Waals surface area contributed by atoms with Crippen molar-refractivity contribution in [1.29, 1.82) is 0 Å². The van der Waals surface area contributed by atoms with Gasteiger partial charge in [0.05, 0.1) is 2.74 Å². The normalized spacial score (nSPS) is 12.5. The Bertz CT molecular complexity index is 3250. The molecule has 0 unspecified atom stereocenters. The van der Waals surface area contributed by atoms with Gasteiger partial charge in [0.2, 0.25) is 0 Å². The van der Waals surface area contributed by atoms with Gasteiger partial charge in [-0.25, -0.2) is 4.98 Å². The van der Waals surface area contributed by atoms with Gasteiger partial charge in [-0.05, 0) is 58.8 Å². The Hall–Kier alpha value is -7.20. The third-order valence-corrected chi connectivity index (χ3v) is 11.1. The van der Waals surface area contributed by atoms with Crippen molar-refractivity contribution >= 4 is 44.6 Å². The maximum Gasteiger partial charge on any atom is 0.135 e. The zero-order valence-corrected chi connectivity index (χ0v) is 35.3. The number of pyridine rings is 1. The number of ether oxygens (including phenoxy) is 1. The van der Waals surface area contributed by atoms with E-state index in [-0.39, 0.29) is 33.3 Å². The number of para-hydroxylation sites is 4. The van der Waals surface area contributed by atoms with Gasteiger partial charge in [-0.2, -0.15) is 12.1 Å². The molecule has 1 aliphatic heterocycles. The first-order chi connectivity index (χ1) is 30.5. The molecule has 0 aliphatic carbocycles. The minimum absolute atomic E-state index is 0. The van der Waals surface area contributed by atoms with Crippen molar-refractivity contribution in [3.63, 3.8) is 0 Å². The number of anilines is 4. The molecule has 0 fully saturated rings. The van der Waals surface area contributed by atoms with Crippen LogP contribution in [0.25, 0.3) is 61.0 Å². The second-order valence-electron chi connectivity index (χ2n) is 14.8. The molecule has 296 valence electrons. The number of benzene rings is 8. The van der Waals surface area contributed by atoms with Crippen LogP contribution in [0.4, 0.5) is 22.7 Å². The van der Waals surface area contributed by atoms with E-state index in [0.29, 0.717) is 34.0 Å². The van der Waals surface area contributed by atoms with E-state index < -0.39 is 0 Å². The van der Waals surface area contributed by atoms with Gasteiger partial charge < -0.3 is 19.1 Å². The van der Waals surface area contributed by atoms with Crippen LogP contribution < -0.4 is 14.5 Å². The summed E-state index contributed by atoms with van der Waals surface area (Å²) < 4.78 is 26.9. The van der Waals surface area contributed by atoms with E-state index >= 15 is 0 Å². The molecule has 10 aromatic rings. The van der Waals surface area contributed by atoms with Crippen LogP contribution in [0.2, 0.25) is 0 Å². The molecule has 2 aromatic heterocycles. The number of aromatic nitrogens is 2. The third kappa shape index (κ3) is 6.87. The van der Waals surface area contributed by atoms with Crippen molar-refractivity contribution in [3.05, 3.63) is 225 Å². The number of nitrogens with zero attached hydrogens (tertiary/aromatic N) is 4. The molecular formula is C55H37N4OPt-3. The molecule has 0 atom stereocenters. The fraction of sp³-hybridized carbons (Fsp3) is 0.0182. The van der Waals surface area contributed by atoms with Gasteiger partial charge in [0.15, 0.2) is 0 Å². The second kappa shape index (κ2) is 16.1. The van der Waals surface area contributed by atoms with E-state index in [4.69, 9.17) is 11.1 Å². The number of fused-ring (bicyclic) bond motifs is 4. The zero-order chi connectivity index (χ0) is 41.7. The molecule has 61 heavy (non-hydrogen) atoms. The quantitative estimate of drug-likeness (QED) is 0.142. The summed E-state index contributed by atoms with van der Waals surface area (Å²) in [6.45, 7) is 4.03. The first-order valence-corrected chi connectivity index (χ1v) is 20.0. The van der Waals surface area contributed by atoms with Crippen LogP contribution in [-0.4, -0.2) is 9.55 Å². The van der Waals surface area contributed by atoms with Crippen LogP contribution in [-0.2, 0) is 21.1 Å². The molecular weight excluding hydrogens is 928 g/mol. The van der Waals surface area contributed by atoms with Gasteiger partial charge in [-0.1, -0.05) is 145 Å². The summed E-state index contributed by atoms with van der Waals surface area (Å²) in [6, 6.07) is 71.0. The average Bonchev–Trinajstić information content (AvgIpc) is 3.87. The van der Waals surface area contributed by atoms with Crippen molar-refractivity contribution in [2.75, 3.05) is 9.80 Å². The standard InChI is InChI=1S/C55H37N4O.Pt/c1-38-33-54(56-36-49(38)41-21-9-4-10-22-41)59-50-28-12-11-25-47(50)48-32-31-44(35-53(48)59)60-43-24-15-23-42(34-43)57-37-58(52-30-14-13-29-51(52)57)55-45(39-17-5-2-6-18-39)26-16-27-46(55)40-19-7-3-8-20-40;/h2-33,36-37H,1H3;/q-3;/i33D,36D;. The molecule has 1 aliphatic rings. The smallest absolute Gasteiger partial charge is 0.135 e. The maximum atomic E-state index is 9.35. The number of hydrogen-bond acceptors (Lipinski definition) is 4. The third-order valence-electron chi connectivity index (χ3n) is 11.1. The van der Waals surface area contributed by atoms with E-state index in [1.807, 2.05) is 102 Å². The van der Waals surface area contributed by atoms with E-state index in [2.05, 4.69) is 126 Å². The van der Waals surface area contributed by atoms with E-state index in [1.165, 1.54) is 0 Å². The summed E-state index contributed by atoms with van der Waals surface area (Å²) in [5.41, 5.74) is 12.2. The van der Waals surface area contributed by atoms with Crippen LogP contribution in [0.15, 0.2) is 200 Å². The Morgan fingerprint density at radius 2 is 1.11 bits per heavy atom. The SMILES string of the molecule is [2H]c1nc(-n2c3[c-]c(Oc4[c-]c(N5[CH-]N(c6c(-c7ccccc7)cccc6-c6ccccc6)c6ccccc65)ccc4)ccc3c3ccccc32)c([2H])c(C)c1-c1ccccc1.[Pt]. The van der Waals surface area contributed by atoms with Crippen molar-refractivity contribution in [1.82, 2.24) is 9.55 Å². The fourth-order valence-corrected chi connectivity index (χ4v) is 8.34. The molecule has 3 heterocycles. The largest absolute Gasteiger partial charge is 0.509 e. The number of rotatable bonds is 8. The molecule has 6 heteroatoms. The van der Waals surface area contributed by atoms with Crippen LogP contribution in [0.5, 0.6) is 11.5 Å². The van der Waals surface area contributed by atoms with Crippen LogP contribution in [0.1, 0.15) is 8.30 Å². The second-order valence-corrected chi connectivity index (χ2v) is 14.8. The first-order valence-electron chi connectivity index (χ1n) is 21.0. The molecule has 8 aromatic carbocycles. The Morgan fingerprint density at radius 1 is 0.541 bits per heavy atom. The molecule has 0 saturated carbocycles. The van der Waals surface area contributed by atoms with Crippen molar-refractivity contribution in [3.8, 4) is 50.7 Å². The fourth-order valence-electron chi connectivity index (χ4n) is 8.34. The average molecular weight is 967 g/mol. The van der Waals surface area contributed by atoms with Gasteiger partial charge in [-0.3, -0.25) is 0 Å². The van der Waals surface area contributed by atoms with Gasteiger partial charge in [0.1, 0.15) is 5.82 Å². The number of hydrogen-bond donors (Lipinski definition) is 0.